The Labute approximate surface area is 121 Å². The van der Waals surface area contributed by atoms with Gasteiger partial charge in [0.2, 0.25) is 0 Å². The second-order valence-electron chi connectivity index (χ2n) is 6.10. The van der Waals surface area contributed by atoms with Crippen LogP contribution in [-0.4, -0.2) is 29.1 Å². The maximum absolute atomic E-state index is 12.0. The van der Waals surface area contributed by atoms with Crippen LogP contribution in [0.5, 0.6) is 0 Å². The lowest BCUT2D eigenvalue weighted by atomic mass is 9.86. The normalized spacial score (nSPS) is 20.1. The summed E-state index contributed by atoms with van der Waals surface area (Å²) >= 11 is 0. The molecule has 1 heterocycles. The standard InChI is InChI=1S/C17H25NO2/c1-13-8-9-15(14(2)12-13)17(3,16(19)20)18-10-6-4-5-7-11-18/h8-9,12H,4-7,10-11H2,1-3H3,(H,19,20). The van der Waals surface area contributed by atoms with E-state index in [0.29, 0.717) is 0 Å². The van der Waals surface area contributed by atoms with Crippen LogP contribution in [-0.2, 0) is 10.3 Å². The van der Waals surface area contributed by atoms with Crippen LogP contribution in [0.3, 0.4) is 0 Å². The van der Waals surface area contributed by atoms with Gasteiger partial charge >= 0.3 is 5.97 Å². The SMILES string of the molecule is Cc1ccc(C(C)(C(=O)O)N2CCCCCC2)c(C)c1. The van der Waals surface area contributed by atoms with E-state index in [4.69, 9.17) is 0 Å². The van der Waals surface area contributed by atoms with Gasteiger partial charge in [-0.25, -0.2) is 4.79 Å². The number of aliphatic carboxylic acids is 1. The molecule has 1 fully saturated rings. The first-order chi connectivity index (χ1) is 9.46. The summed E-state index contributed by atoms with van der Waals surface area (Å²) in [6.45, 7) is 7.66. The molecule has 1 aliphatic rings. The molecule has 3 heteroatoms. The molecule has 0 spiro atoms. The zero-order valence-corrected chi connectivity index (χ0v) is 12.8. The third-order valence-electron chi connectivity index (χ3n) is 4.56. The molecular formula is C17H25NO2. The zero-order valence-electron chi connectivity index (χ0n) is 12.8. The van der Waals surface area contributed by atoms with Gasteiger partial charge in [0.1, 0.15) is 5.54 Å². The number of hydrogen-bond acceptors (Lipinski definition) is 2. The van der Waals surface area contributed by atoms with Crippen LogP contribution in [0.15, 0.2) is 18.2 Å². The minimum atomic E-state index is -0.915. The van der Waals surface area contributed by atoms with Crippen molar-refractivity contribution in [2.75, 3.05) is 13.1 Å². The third kappa shape index (κ3) is 2.73. The Morgan fingerprint density at radius 3 is 2.25 bits per heavy atom. The average Bonchev–Trinajstić information content (AvgIpc) is 2.66. The van der Waals surface area contributed by atoms with Gasteiger partial charge < -0.3 is 5.11 Å². The molecule has 110 valence electrons. The fourth-order valence-corrected chi connectivity index (χ4v) is 3.30. The molecule has 1 aromatic carbocycles. The van der Waals surface area contributed by atoms with Crippen LogP contribution in [0, 0.1) is 13.8 Å². The summed E-state index contributed by atoms with van der Waals surface area (Å²) in [6.07, 6.45) is 4.60. The number of aryl methyl sites for hydroxylation is 2. The number of carbonyl (C=O) groups is 1. The molecule has 1 atom stereocenters. The van der Waals surface area contributed by atoms with Crippen LogP contribution in [0.1, 0.15) is 49.3 Å². The topological polar surface area (TPSA) is 40.5 Å². The molecule has 20 heavy (non-hydrogen) atoms. The number of carboxylic acids is 1. The summed E-state index contributed by atoms with van der Waals surface area (Å²) in [5.74, 6) is -0.744. The Hall–Kier alpha value is -1.35. The highest BCUT2D eigenvalue weighted by molar-refractivity contribution is 5.81. The van der Waals surface area contributed by atoms with E-state index in [1.807, 2.05) is 32.9 Å². The highest BCUT2D eigenvalue weighted by atomic mass is 16.4. The number of rotatable bonds is 3. The second-order valence-corrected chi connectivity index (χ2v) is 6.10. The minimum Gasteiger partial charge on any atom is -0.480 e. The van der Waals surface area contributed by atoms with Gasteiger partial charge in [-0.05, 0) is 57.8 Å². The summed E-state index contributed by atoms with van der Waals surface area (Å²) in [6, 6.07) is 6.08. The van der Waals surface area contributed by atoms with Gasteiger partial charge in [-0.15, -0.1) is 0 Å². The Morgan fingerprint density at radius 1 is 1.15 bits per heavy atom. The van der Waals surface area contributed by atoms with Crippen molar-refractivity contribution in [3.8, 4) is 0 Å². The number of carboxylic acid groups (broad SMARTS) is 1. The first-order valence-corrected chi connectivity index (χ1v) is 7.52. The van der Waals surface area contributed by atoms with Crippen molar-refractivity contribution in [3.05, 3.63) is 34.9 Å². The molecule has 1 N–H and O–H groups in total. The molecule has 0 amide bonds. The van der Waals surface area contributed by atoms with Crippen molar-refractivity contribution >= 4 is 5.97 Å². The van der Waals surface area contributed by atoms with Gasteiger partial charge in [-0.2, -0.15) is 0 Å². The lowest BCUT2D eigenvalue weighted by Crippen LogP contribution is -2.50. The first kappa shape index (κ1) is 15.0. The number of likely N-dealkylation sites (tertiary alicyclic amines) is 1. The fraction of sp³-hybridized carbons (Fsp3) is 0.588. The van der Waals surface area contributed by atoms with Gasteiger partial charge in [0.15, 0.2) is 0 Å². The summed E-state index contributed by atoms with van der Waals surface area (Å²) in [7, 11) is 0. The lowest BCUT2D eigenvalue weighted by molar-refractivity contribution is -0.151. The molecule has 1 aliphatic heterocycles. The van der Waals surface area contributed by atoms with Crippen LogP contribution in [0.25, 0.3) is 0 Å². The van der Waals surface area contributed by atoms with Crippen LogP contribution in [0.4, 0.5) is 0 Å². The summed E-state index contributed by atoms with van der Waals surface area (Å²) in [5, 5.41) is 9.88. The Morgan fingerprint density at radius 2 is 1.75 bits per heavy atom. The number of nitrogens with zero attached hydrogens (tertiary/aromatic N) is 1. The highest BCUT2D eigenvalue weighted by Crippen LogP contribution is 2.33. The largest absolute Gasteiger partial charge is 0.480 e. The van der Waals surface area contributed by atoms with Gasteiger partial charge in [-0.3, -0.25) is 4.90 Å². The monoisotopic (exact) mass is 275 g/mol. The zero-order chi connectivity index (χ0) is 14.8. The number of hydrogen-bond donors (Lipinski definition) is 1. The van der Waals surface area contributed by atoms with E-state index in [9.17, 15) is 9.90 Å². The quantitative estimate of drug-likeness (QED) is 0.918. The molecule has 0 aliphatic carbocycles. The maximum atomic E-state index is 12.0. The summed E-state index contributed by atoms with van der Waals surface area (Å²) in [4.78, 5) is 14.2. The van der Waals surface area contributed by atoms with Crippen LogP contribution < -0.4 is 0 Å². The van der Waals surface area contributed by atoms with Crippen molar-refractivity contribution in [2.45, 2.75) is 52.0 Å². The number of benzene rings is 1. The molecule has 0 radical (unpaired) electrons. The van der Waals surface area contributed by atoms with E-state index < -0.39 is 11.5 Å². The minimum absolute atomic E-state index is 0.744. The van der Waals surface area contributed by atoms with Gasteiger partial charge in [-0.1, -0.05) is 36.6 Å². The third-order valence-corrected chi connectivity index (χ3v) is 4.56. The molecule has 1 saturated heterocycles. The van der Waals surface area contributed by atoms with Gasteiger partial charge in [0.05, 0.1) is 0 Å². The Balaban J connectivity index is 2.44. The predicted molar refractivity (Wildman–Crippen MR) is 80.9 cm³/mol. The van der Waals surface area contributed by atoms with Crippen LogP contribution in [0.2, 0.25) is 0 Å². The van der Waals surface area contributed by atoms with E-state index in [1.54, 1.807) is 0 Å². The van der Waals surface area contributed by atoms with E-state index in [2.05, 4.69) is 11.0 Å². The average molecular weight is 275 g/mol. The molecule has 1 unspecified atom stereocenters. The summed E-state index contributed by atoms with van der Waals surface area (Å²) < 4.78 is 0. The molecule has 3 nitrogen and oxygen atoms in total. The molecule has 0 aromatic heterocycles. The van der Waals surface area contributed by atoms with Crippen molar-refractivity contribution in [2.24, 2.45) is 0 Å². The highest BCUT2D eigenvalue weighted by Gasteiger charge is 2.42. The smallest absolute Gasteiger partial charge is 0.328 e. The second kappa shape index (κ2) is 5.96. The molecule has 2 rings (SSSR count). The molecular weight excluding hydrogens is 250 g/mol. The Kier molecular flexibility index (Phi) is 4.48. The summed E-state index contributed by atoms with van der Waals surface area (Å²) in [5.41, 5.74) is 2.26. The van der Waals surface area contributed by atoms with Gasteiger partial charge in [0.25, 0.3) is 0 Å². The van der Waals surface area contributed by atoms with Crippen molar-refractivity contribution < 1.29 is 9.90 Å². The van der Waals surface area contributed by atoms with E-state index >= 15 is 0 Å². The van der Waals surface area contributed by atoms with E-state index in [0.717, 1.165) is 37.1 Å². The van der Waals surface area contributed by atoms with Crippen molar-refractivity contribution in [3.63, 3.8) is 0 Å². The Bertz CT molecular complexity index is 490. The molecule has 0 bridgehead atoms. The van der Waals surface area contributed by atoms with Crippen molar-refractivity contribution in [1.82, 2.24) is 4.90 Å². The fourth-order valence-electron chi connectivity index (χ4n) is 3.30. The van der Waals surface area contributed by atoms with Gasteiger partial charge in [0, 0.05) is 0 Å². The molecule has 0 saturated carbocycles. The van der Waals surface area contributed by atoms with Crippen LogP contribution >= 0.6 is 0 Å². The molecule has 1 aromatic rings. The van der Waals surface area contributed by atoms with E-state index in [1.165, 1.54) is 18.4 Å². The predicted octanol–water partition coefficient (Wildman–Crippen LogP) is 3.48. The van der Waals surface area contributed by atoms with E-state index in [-0.39, 0.29) is 0 Å². The first-order valence-electron chi connectivity index (χ1n) is 7.52. The maximum Gasteiger partial charge on any atom is 0.328 e. The lowest BCUT2D eigenvalue weighted by Gasteiger charge is -2.38. The van der Waals surface area contributed by atoms with Crippen molar-refractivity contribution in [1.29, 1.82) is 0 Å².